The number of nitro benzene ring substituents is 1. The molecule has 0 spiro atoms. The normalized spacial score (nSPS) is 11.4. The molecule has 28 heavy (non-hydrogen) atoms. The number of carbonyl (C=O) groups is 1. The quantitative estimate of drug-likeness (QED) is 0.259. The summed E-state index contributed by atoms with van der Waals surface area (Å²) in [6.45, 7) is 3.28. The number of nitrogens with zero attached hydrogens (tertiary/aromatic N) is 7. The Morgan fingerprint density at radius 1 is 1.39 bits per heavy atom. The van der Waals surface area contributed by atoms with Crippen LogP contribution in [0.3, 0.4) is 0 Å². The number of nitro groups is 1. The van der Waals surface area contributed by atoms with E-state index in [1.165, 1.54) is 28.9 Å². The summed E-state index contributed by atoms with van der Waals surface area (Å²) >= 11 is 0. The van der Waals surface area contributed by atoms with E-state index in [0.29, 0.717) is 22.8 Å². The van der Waals surface area contributed by atoms with E-state index >= 15 is 0 Å². The minimum atomic E-state index is -0.909. The lowest BCUT2D eigenvalue weighted by Crippen LogP contribution is -2.36. The minimum Gasteiger partial charge on any atom is -0.359 e. The average Bonchev–Trinajstić information content (AvgIpc) is 3.21. The van der Waals surface area contributed by atoms with Gasteiger partial charge in [-0.3, -0.25) is 19.5 Å². The first-order valence-electron chi connectivity index (χ1n) is 7.67. The van der Waals surface area contributed by atoms with Gasteiger partial charge in [0.25, 0.3) is 5.69 Å². The molecule has 1 aromatic carbocycles. The van der Waals surface area contributed by atoms with Gasteiger partial charge in [-0.25, -0.2) is 10.1 Å². The molecule has 14 nitrogen and oxygen atoms in total. The molecule has 0 saturated heterocycles. The number of benzene rings is 1. The molecule has 0 radical (unpaired) electrons. The highest BCUT2D eigenvalue weighted by molar-refractivity contribution is 6.00. The van der Waals surface area contributed by atoms with Crippen LogP contribution in [-0.2, 0) is 0 Å². The molecular weight excluding hydrogens is 374 g/mol. The number of hydrazone groups is 1. The van der Waals surface area contributed by atoms with Crippen LogP contribution in [0.25, 0.3) is 5.69 Å². The zero-order valence-electron chi connectivity index (χ0n) is 14.6. The van der Waals surface area contributed by atoms with E-state index in [0.717, 1.165) is 0 Å². The summed E-state index contributed by atoms with van der Waals surface area (Å²) in [5.41, 5.74) is 8.76. The van der Waals surface area contributed by atoms with Gasteiger partial charge >= 0.3 is 17.4 Å². The van der Waals surface area contributed by atoms with Crippen LogP contribution in [0, 0.1) is 22.2 Å². The average molecular weight is 387 g/mol. The number of amides is 1. The van der Waals surface area contributed by atoms with Crippen molar-refractivity contribution in [3.05, 3.63) is 56.7 Å². The molecule has 3 N–H and O–H groups in total. The maximum absolute atomic E-state index is 12.0. The third kappa shape index (κ3) is 3.33. The van der Waals surface area contributed by atoms with Crippen molar-refractivity contribution in [3.63, 3.8) is 0 Å². The van der Waals surface area contributed by atoms with Crippen LogP contribution < -0.4 is 16.1 Å². The molecule has 0 saturated carbocycles. The van der Waals surface area contributed by atoms with Crippen molar-refractivity contribution >= 4 is 23.1 Å². The first kappa shape index (κ1) is 18.4. The summed E-state index contributed by atoms with van der Waals surface area (Å²) in [5, 5.41) is 37.1. The topological polar surface area (TPSA) is 194 Å². The summed E-state index contributed by atoms with van der Waals surface area (Å²) in [5.74, 6) is -1.28. The Bertz CT molecular complexity index is 1060. The van der Waals surface area contributed by atoms with E-state index in [1.54, 1.807) is 13.8 Å². The molecule has 2 aromatic heterocycles. The Morgan fingerprint density at radius 3 is 2.64 bits per heavy atom. The SMILES string of the molecule is C/C(=N/NC(=O)c1c(N)no[n+]1[O-])c1nnn(-c2ccc([N+](=O)[O-])cc2)c1C. The number of rotatable bonds is 5. The molecule has 144 valence electrons. The molecule has 1 amide bonds. The number of aromatic nitrogens is 5. The van der Waals surface area contributed by atoms with Crippen molar-refractivity contribution in [1.29, 1.82) is 0 Å². The second-order valence-electron chi connectivity index (χ2n) is 5.51. The van der Waals surface area contributed by atoms with Crippen molar-refractivity contribution in [2.75, 3.05) is 5.73 Å². The van der Waals surface area contributed by atoms with Gasteiger partial charge in [0, 0.05) is 12.1 Å². The fourth-order valence-electron chi connectivity index (χ4n) is 2.32. The number of hydrogen-bond donors (Lipinski definition) is 2. The molecule has 0 atom stereocenters. The van der Waals surface area contributed by atoms with E-state index in [1.807, 2.05) is 0 Å². The van der Waals surface area contributed by atoms with Crippen molar-refractivity contribution < 1.29 is 19.2 Å². The first-order chi connectivity index (χ1) is 13.3. The molecule has 2 heterocycles. The van der Waals surface area contributed by atoms with E-state index in [-0.39, 0.29) is 16.4 Å². The monoisotopic (exact) mass is 387 g/mol. The standard InChI is InChI=1S/C14H13N9O5/c1-7(16-18-14(24)12-13(15)19-28-23(12)27)11-8(2)21(20-17-11)9-3-5-10(6-4-9)22(25)26/h3-6H,1-2H3,(H2,15,19)(H,18,24)/b16-7-. The van der Waals surface area contributed by atoms with Crippen molar-refractivity contribution in [3.8, 4) is 5.69 Å². The number of nitrogen functional groups attached to an aromatic ring is 1. The Labute approximate surface area is 155 Å². The lowest BCUT2D eigenvalue weighted by Gasteiger charge is -2.03. The second kappa shape index (κ2) is 7.10. The maximum Gasteiger partial charge on any atom is 0.322 e. The molecule has 3 rings (SSSR count). The van der Waals surface area contributed by atoms with Crippen molar-refractivity contribution in [2.24, 2.45) is 5.10 Å². The van der Waals surface area contributed by atoms with Gasteiger partial charge < -0.3 is 10.9 Å². The number of hydrogen-bond acceptors (Lipinski definition) is 10. The van der Waals surface area contributed by atoms with Crippen molar-refractivity contribution in [2.45, 2.75) is 13.8 Å². The predicted octanol–water partition coefficient (Wildman–Crippen LogP) is -0.158. The van der Waals surface area contributed by atoms with Crippen LogP contribution >= 0.6 is 0 Å². The molecule has 0 aliphatic rings. The highest BCUT2D eigenvalue weighted by Crippen LogP contribution is 2.17. The summed E-state index contributed by atoms with van der Waals surface area (Å²) in [4.78, 5) is 22.1. The van der Waals surface area contributed by atoms with Crippen LogP contribution in [0.5, 0.6) is 0 Å². The zero-order valence-corrected chi connectivity index (χ0v) is 14.6. The molecule has 14 heteroatoms. The van der Waals surface area contributed by atoms with Crippen LogP contribution in [0.4, 0.5) is 11.5 Å². The Morgan fingerprint density at radius 2 is 2.07 bits per heavy atom. The lowest BCUT2D eigenvalue weighted by molar-refractivity contribution is -0.803. The third-order valence-electron chi connectivity index (χ3n) is 3.72. The van der Waals surface area contributed by atoms with Gasteiger partial charge in [0.15, 0.2) is 0 Å². The zero-order chi connectivity index (χ0) is 20.4. The van der Waals surface area contributed by atoms with Gasteiger partial charge in [0.05, 0.1) is 27.2 Å². The van der Waals surface area contributed by atoms with Gasteiger partial charge in [-0.2, -0.15) is 5.10 Å². The number of carbonyl (C=O) groups excluding carboxylic acids is 1. The van der Waals surface area contributed by atoms with Gasteiger partial charge in [-0.15, -0.1) is 5.10 Å². The number of nitrogens with one attached hydrogen (secondary N) is 1. The van der Waals surface area contributed by atoms with Crippen LogP contribution in [0.2, 0.25) is 0 Å². The summed E-state index contributed by atoms with van der Waals surface area (Å²) in [6, 6.07) is 5.75. The molecule has 0 fully saturated rings. The predicted molar refractivity (Wildman–Crippen MR) is 92.3 cm³/mol. The molecule has 0 aliphatic carbocycles. The smallest absolute Gasteiger partial charge is 0.322 e. The Kier molecular flexibility index (Phi) is 4.67. The van der Waals surface area contributed by atoms with Crippen LogP contribution in [0.1, 0.15) is 28.8 Å². The molecule has 0 unspecified atom stereocenters. The third-order valence-corrected chi connectivity index (χ3v) is 3.72. The summed E-state index contributed by atoms with van der Waals surface area (Å²) in [6.07, 6.45) is 0. The van der Waals surface area contributed by atoms with Crippen molar-refractivity contribution in [1.82, 2.24) is 25.6 Å². The maximum atomic E-state index is 12.0. The number of non-ortho nitro benzene ring substituents is 1. The fourth-order valence-corrected chi connectivity index (χ4v) is 2.32. The highest BCUT2D eigenvalue weighted by atomic mass is 16.8. The largest absolute Gasteiger partial charge is 0.359 e. The number of nitrogens with two attached hydrogens (primary N) is 1. The van der Waals surface area contributed by atoms with E-state index in [4.69, 9.17) is 5.73 Å². The van der Waals surface area contributed by atoms with Crippen LogP contribution in [0.15, 0.2) is 34.0 Å². The minimum absolute atomic E-state index is 0.0502. The fraction of sp³-hybridized carbons (Fsp3) is 0.143. The van der Waals surface area contributed by atoms with Crippen LogP contribution in [-0.4, -0.2) is 36.7 Å². The number of anilines is 1. The van der Waals surface area contributed by atoms with E-state index in [9.17, 15) is 20.1 Å². The van der Waals surface area contributed by atoms with Gasteiger partial charge in [0.1, 0.15) is 5.69 Å². The molecular formula is C14H13N9O5. The Balaban J connectivity index is 1.81. The van der Waals surface area contributed by atoms with Gasteiger partial charge in [-0.1, -0.05) is 5.21 Å². The molecule has 0 bridgehead atoms. The van der Waals surface area contributed by atoms with E-state index in [2.05, 4.69) is 30.6 Å². The molecule has 0 aliphatic heterocycles. The lowest BCUT2D eigenvalue weighted by atomic mass is 10.2. The summed E-state index contributed by atoms with van der Waals surface area (Å²) in [7, 11) is 0. The van der Waals surface area contributed by atoms with Gasteiger partial charge in [0.2, 0.25) is 0 Å². The van der Waals surface area contributed by atoms with Gasteiger partial charge in [-0.05, 0) is 30.9 Å². The summed E-state index contributed by atoms with van der Waals surface area (Å²) < 4.78 is 5.67. The first-order valence-corrected chi connectivity index (χ1v) is 7.67. The molecule has 3 aromatic rings. The van der Waals surface area contributed by atoms with E-state index < -0.39 is 16.5 Å². The Hall–Kier alpha value is -4.36. The highest BCUT2D eigenvalue weighted by Gasteiger charge is 2.24. The second-order valence-corrected chi connectivity index (χ2v) is 5.51.